The van der Waals surface area contributed by atoms with Crippen LogP contribution in [-0.4, -0.2) is 47.5 Å². The van der Waals surface area contributed by atoms with Gasteiger partial charge in [-0.15, -0.1) is 0 Å². The van der Waals surface area contributed by atoms with Gasteiger partial charge in [0.1, 0.15) is 5.82 Å². The summed E-state index contributed by atoms with van der Waals surface area (Å²) in [5, 5.41) is 3.44. The van der Waals surface area contributed by atoms with E-state index in [2.05, 4.69) is 5.32 Å². The Bertz CT molecular complexity index is 822. The van der Waals surface area contributed by atoms with Crippen molar-refractivity contribution >= 4 is 23.4 Å². The Morgan fingerprint density at radius 1 is 1.27 bits per heavy atom. The minimum Gasteiger partial charge on any atom is -0.347 e. The Labute approximate surface area is 153 Å². The number of carbonyl (C=O) groups is 1. The van der Waals surface area contributed by atoms with Gasteiger partial charge < -0.3 is 20.9 Å². The molecular weight excluding hydrogens is 328 g/mol. The number of amides is 1. The van der Waals surface area contributed by atoms with Crippen molar-refractivity contribution in [3.8, 4) is 0 Å². The fraction of sp³-hybridized carbons (Fsp3) is 0.421. The van der Waals surface area contributed by atoms with Gasteiger partial charge in [0.25, 0.3) is 0 Å². The Balaban J connectivity index is 1.81. The molecule has 4 rings (SSSR count). The maximum atomic E-state index is 12.4. The number of anilines is 3. The van der Waals surface area contributed by atoms with E-state index in [4.69, 9.17) is 15.7 Å². The molecule has 7 nitrogen and oxygen atoms in total. The first kappa shape index (κ1) is 16.8. The highest BCUT2D eigenvalue weighted by atomic mass is 16.2. The Hall–Kier alpha value is -2.67. The molecule has 3 N–H and O–H groups in total. The second kappa shape index (κ2) is 6.57. The summed E-state index contributed by atoms with van der Waals surface area (Å²) in [4.78, 5) is 25.8. The fourth-order valence-electron chi connectivity index (χ4n) is 4.03. The van der Waals surface area contributed by atoms with Crippen molar-refractivity contribution < 1.29 is 4.79 Å². The van der Waals surface area contributed by atoms with Crippen molar-refractivity contribution in [3.63, 3.8) is 0 Å². The lowest BCUT2D eigenvalue weighted by Gasteiger charge is -2.36. The van der Waals surface area contributed by atoms with Crippen LogP contribution in [0.5, 0.6) is 0 Å². The van der Waals surface area contributed by atoms with E-state index in [0.29, 0.717) is 5.95 Å². The molecule has 1 aromatic carbocycles. The number of nitrogens with zero attached hydrogens (tertiary/aromatic N) is 4. The van der Waals surface area contributed by atoms with Crippen LogP contribution < -0.4 is 16.0 Å². The topological polar surface area (TPSA) is 87.4 Å². The Morgan fingerprint density at radius 2 is 2.04 bits per heavy atom. The molecule has 0 spiro atoms. The molecule has 26 heavy (non-hydrogen) atoms. The smallest absolute Gasteiger partial charge is 0.237 e. The number of nitrogens with one attached hydrogen (secondary N) is 1. The minimum atomic E-state index is 0.00206. The predicted molar refractivity (Wildman–Crippen MR) is 101 cm³/mol. The monoisotopic (exact) mass is 352 g/mol. The Morgan fingerprint density at radius 3 is 2.73 bits per heavy atom. The van der Waals surface area contributed by atoms with Gasteiger partial charge in [-0.05, 0) is 25.0 Å². The van der Waals surface area contributed by atoms with E-state index in [1.807, 2.05) is 54.2 Å². The summed E-state index contributed by atoms with van der Waals surface area (Å²) < 4.78 is 0. The van der Waals surface area contributed by atoms with E-state index in [1.165, 1.54) is 0 Å². The number of carbonyl (C=O) groups excluding carboxylic acids is 1. The summed E-state index contributed by atoms with van der Waals surface area (Å²) in [6, 6.07) is 10.2. The summed E-state index contributed by atoms with van der Waals surface area (Å²) in [7, 11) is 3.88. The van der Waals surface area contributed by atoms with E-state index in [-0.39, 0.29) is 24.5 Å². The molecule has 1 fully saturated rings. The standard InChI is InChI=1S/C19H24N6O/c1-24(2)19-22-14-10-13-8-9-15(25(13)16(26)11-20)17(14)18(23-19)21-12-6-4-3-5-7-12/h3-7,13,15H,8-11,20H2,1-2H3,(H,21,22,23). The summed E-state index contributed by atoms with van der Waals surface area (Å²) in [6.07, 6.45) is 2.66. The van der Waals surface area contributed by atoms with Crippen LogP contribution in [0, 0.1) is 0 Å². The second-order valence-electron chi connectivity index (χ2n) is 7.07. The van der Waals surface area contributed by atoms with E-state index >= 15 is 0 Å². The lowest BCUT2D eigenvalue weighted by molar-refractivity contribution is -0.133. The largest absolute Gasteiger partial charge is 0.347 e. The first-order chi connectivity index (χ1) is 12.6. The fourth-order valence-corrected chi connectivity index (χ4v) is 4.03. The van der Waals surface area contributed by atoms with Gasteiger partial charge in [-0.2, -0.15) is 4.98 Å². The van der Waals surface area contributed by atoms with Crippen molar-refractivity contribution in [2.75, 3.05) is 30.9 Å². The SMILES string of the molecule is CN(C)c1nc2c(c(Nc3ccccc3)n1)C1CCC(C2)N1C(=O)CN. The molecule has 1 saturated heterocycles. The van der Waals surface area contributed by atoms with Crippen LogP contribution in [0.3, 0.4) is 0 Å². The number of hydrogen-bond donors (Lipinski definition) is 2. The van der Waals surface area contributed by atoms with Crippen LogP contribution in [0.25, 0.3) is 0 Å². The number of nitrogens with two attached hydrogens (primary N) is 1. The molecule has 0 saturated carbocycles. The van der Waals surface area contributed by atoms with E-state index in [0.717, 1.165) is 42.0 Å². The third-order valence-corrected chi connectivity index (χ3v) is 5.18. The molecule has 3 heterocycles. The quantitative estimate of drug-likeness (QED) is 0.873. The van der Waals surface area contributed by atoms with Gasteiger partial charge >= 0.3 is 0 Å². The van der Waals surface area contributed by atoms with Gasteiger partial charge in [0.05, 0.1) is 18.3 Å². The van der Waals surface area contributed by atoms with Crippen molar-refractivity contribution in [2.45, 2.75) is 31.3 Å². The van der Waals surface area contributed by atoms with Gasteiger partial charge in [-0.1, -0.05) is 18.2 Å². The average molecular weight is 352 g/mol. The first-order valence-corrected chi connectivity index (χ1v) is 9.00. The highest BCUT2D eigenvalue weighted by Crippen LogP contribution is 2.46. The normalized spacial score (nSPS) is 20.7. The molecule has 2 aromatic rings. The molecule has 2 aliphatic heterocycles. The third kappa shape index (κ3) is 2.78. The zero-order valence-corrected chi connectivity index (χ0v) is 15.1. The van der Waals surface area contributed by atoms with Crippen molar-refractivity contribution in [1.29, 1.82) is 0 Å². The molecule has 2 bridgehead atoms. The molecule has 7 heteroatoms. The third-order valence-electron chi connectivity index (χ3n) is 5.18. The molecule has 1 amide bonds. The zero-order valence-electron chi connectivity index (χ0n) is 15.1. The number of para-hydroxylation sites is 1. The minimum absolute atomic E-state index is 0.00206. The highest BCUT2D eigenvalue weighted by Gasteiger charge is 2.44. The van der Waals surface area contributed by atoms with E-state index in [9.17, 15) is 4.79 Å². The first-order valence-electron chi connectivity index (χ1n) is 9.00. The van der Waals surface area contributed by atoms with Crippen molar-refractivity contribution in [3.05, 3.63) is 41.6 Å². The number of hydrogen-bond acceptors (Lipinski definition) is 6. The van der Waals surface area contributed by atoms with Crippen LogP contribution in [0.4, 0.5) is 17.5 Å². The molecule has 2 atom stereocenters. The molecule has 136 valence electrons. The average Bonchev–Trinajstić information content (AvgIpc) is 2.95. The van der Waals surface area contributed by atoms with Crippen LogP contribution in [-0.2, 0) is 11.2 Å². The van der Waals surface area contributed by atoms with Gasteiger partial charge in [0.2, 0.25) is 11.9 Å². The number of benzene rings is 1. The van der Waals surface area contributed by atoms with Crippen LogP contribution >= 0.6 is 0 Å². The van der Waals surface area contributed by atoms with Gasteiger partial charge in [0.15, 0.2) is 0 Å². The maximum Gasteiger partial charge on any atom is 0.237 e. The molecule has 2 aliphatic rings. The zero-order chi connectivity index (χ0) is 18.3. The summed E-state index contributed by atoms with van der Waals surface area (Å²) in [6.45, 7) is 0.0421. The number of rotatable bonds is 4. The summed E-state index contributed by atoms with van der Waals surface area (Å²) >= 11 is 0. The van der Waals surface area contributed by atoms with Gasteiger partial charge in [-0.25, -0.2) is 4.98 Å². The molecule has 0 aliphatic carbocycles. The van der Waals surface area contributed by atoms with Crippen molar-refractivity contribution in [2.24, 2.45) is 5.73 Å². The highest BCUT2D eigenvalue weighted by molar-refractivity contribution is 5.80. The second-order valence-corrected chi connectivity index (χ2v) is 7.07. The lowest BCUT2D eigenvalue weighted by atomic mass is 9.97. The summed E-state index contributed by atoms with van der Waals surface area (Å²) in [5.74, 6) is 1.47. The summed E-state index contributed by atoms with van der Waals surface area (Å²) in [5.41, 5.74) is 8.70. The molecular formula is C19H24N6O. The Kier molecular flexibility index (Phi) is 4.24. The van der Waals surface area contributed by atoms with Gasteiger partial charge in [-0.3, -0.25) is 4.79 Å². The number of aromatic nitrogens is 2. The molecule has 1 aromatic heterocycles. The van der Waals surface area contributed by atoms with Gasteiger partial charge in [0, 0.05) is 37.8 Å². The predicted octanol–water partition coefficient (Wildman–Crippen LogP) is 1.83. The van der Waals surface area contributed by atoms with Crippen LogP contribution in [0.1, 0.15) is 30.1 Å². The number of fused-ring (bicyclic) bond motifs is 4. The van der Waals surface area contributed by atoms with Crippen LogP contribution in [0.2, 0.25) is 0 Å². The maximum absolute atomic E-state index is 12.4. The van der Waals surface area contributed by atoms with Crippen molar-refractivity contribution in [1.82, 2.24) is 14.9 Å². The van der Waals surface area contributed by atoms with E-state index < -0.39 is 0 Å². The molecule has 2 unspecified atom stereocenters. The van der Waals surface area contributed by atoms with E-state index in [1.54, 1.807) is 0 Å². The lowest BCUT2D eigenvalue weighted by Crippen LogP contribution is -2.45. The van der Waals surface area contributed by atoms with Crippen LogP contribution in [0.15, 0.2) is 30.3 Å². The molecule has 0 radical (unpaired) electrons.